The number of esters is 1. The van der Waals surface area contributed by atoms with E-state index in [0.29, 0.717) is 5.57 Å². The van der Waals surface area contributed by atoms with Crippen LogP contribution in [0.15, 0.2) is 12.2 Å². The summed E-state index contributed by atoms with van der Waals surface area (Å²) in [5, 5.41) is 0. The summed E-state index contributed by atoms with van der Waals surface area (Å²) in [4.78, 5) is 11.5. The Kier molecular flexibility index (Phi) is 5.65. The second-order valence-corrected chi connectivity index (χ2v) is 4.61. The van der Waals surface area contributed by atoms with Gasteiger partial charge in [-0.05, 0) is 25.2 Å². The van der Waals surface area contributed by atoms with E-state index in [0.717, 1.165) is 25.9 Å². The van der Waals surface area contributed by atoms with Gasteiger partial charge in [-0.1, -0.05) is 20.4 Å². The van der Waals surface area contributed by atoms with Crippen molar-refractivity contribution >= 4 is 5.97 Å². The molecule has 0 bridgehead atoms. The molecule has 0 radical (unpaired) electrons. The van der Waals surface area contributed by atoms with Gasteiger partial charge >= 0.3 is 5.97 Å². The Morgan fingerprint density at radius 2 is 2.12 bits per heavy atom. The van der Waals surface area contributed by atoms with Crippen molar-refractivity contribution in [3.8, 4) is 0 Å². The van der Waals surface area contributed by atoms with Crippen LogP contribution in [-0.2, 0) is 19.0 Å². The maximum Gasteiger partial charge on any atom is 0.335 e. The van der Waals surface area contributed by atoms with Gasteiger partial charge in [0, 0.05) is 6.61 Å². The van der Waals surface area contributed by atoms with Crippen LogP contribution in [0.5, 0.6) is 0 Å². The van der Waals surface area contributed by atoms with Gasteiger partial charge in [-0.3, -0.25) is 0 Å². The summed E-state index contributed by atoms with van der Waals surface area (Å²) < 4.78 is 16.0. The lowest BCUT2D eigenvalue weighted by atomic mass is 10.00. The molecule has 2 unspecified atom stereocenters. The van der Waals surface area contributed by atoms with Crippen molar-refractivity contribution in [1.29, 1.82) is 0 Å². The van der Waals surface area contributed by atoms with Crippen molar-refractivity contribution in [3.63, 3.8) is 0 Å². The van der Waals surface area contributed by atoms with Gasteiger partial charge in [-0.25, -0.2) is 4.79 Å². The maximum atomic E-state index is 11.5. The Morgan fingerprint density at radius 3 is 2.59 bits per heavy atom. The average Bonchev–Trinajstić information content (AvgIpc) is 2.35. The predicted octanol–water partition coefficient (Wildman–Crippen LogP) is 2.28. The molecule has 0 saturated carbocycles. The molecule has 1 aliphatic heterocycles. The molecule has 1 heterocycles. The van der Waals surface area contributed by atoms with E-state index >= 15 is 0 Å². The first-order valence-electron chi connectivity index (χ1n) is 6.10. The summed E-state index contributed by atoms with van der Waals surface area (Å²) in [5.41, 5.74) is 0.358. The first-order valence-corrected chi connectivity index (χ1v) is 6.10. The minimum atomic E-state index is -0.417. The molecule has 0 N–H and O–H groups in total. The van der Waals surface area contributed by atoms with Crippen LogP contribution in [0.1, 0.15) is 33.1 Å². The van der Waals surface area contributed by atoms with E-state index in [9.17, 15) is 4.79 Å². The molecule has 1 rings (SSSR count). The van der Waals surface area contributed by atoms with Gasteiger partial charge in [0.25, 0.3) is 0 Å². The number of carbonyl (C=O) groups excluding carboxylic acids is 1. The van der Waals surface area contributed by atoms with Gasteiger partial charge in [0.05, 0.1) is 18.8 Å². The Balaban J connectivity index is 2.59. The zero-order valence-electron chi connectivity index (χ0n) is 10.9. The molecule has 17 heavy (non-hydrogen) atoms. The third-order valence-corrected chi connectivity index (χ3v) is 2.83. The second-order valence-electron chi connectivity index (χ2n) is 4.61. The molecule has 2 atom stereocenters. The topological polar surface area (TPSA) is 44.8 Å². The van der Waals surface area contributed by atoms with Crippen LogP contribution in [0.4, 0.5) is 0 Å². The minimum Gasteiger partial charge on any atom is -0.466 e. The molecule has 1 aliphatic rings. The molecule has 0 amide bonds. The number of carbonyl (C=O) groups is 1. The summed E-state index contributed by atoms with van der Waals surface area (Å²) in [7, 11) is 1.35. The SMILES string of the molecule is C=C(C(=O)OC)C(OC1CCCCO1)C(C)C. The van der Waals surface area contributed by atoms with Crippen molar-refractivity contribution in [2.45, 2.75) is 45.5 Å². The normalized spacial score (nSPS) is 22.2. The highest BCUT2D eigenvalue weighted by Crippen LogP contribution is 2.22. The van der Waals surface area contributed by atoms with Gasteiger partial charge in [0.15, 0.2) is 6.29 Å². The van der Waals surface area contributed by atoms with E-state index in [2.05, 4.69) is 11.3 Å². The minimum absolute atomic E-state index is 0.159. The standard InChI is InChI=1S/C13H22O4/c1-9(2)12(10(3)13(14)15-4)17-11-7-5-6-8-16-11/h9,11-12H,3,5-8H2,1-2,4H3. The summed E-state index contributed by atoms with van der Waals surface area (Å²) in [6.07, 6.45) is 2.48. The largest absolute Gasteiger partial charge is 0.466 e. The van der Waals surface area contributed by atoms with Crippen LogP contribution < -0.4 is 0 Å². The first-order chi connectivity index (χ1) is 8.06. The summed E-state index contributed by atoms with van der Waals surface area (Å²) in [6.45, 7) is 8.46. The predicted molar refractivity (Wildman–Crippen MR) is 64.5 cm³/mol. The van der Waals surface area contributed by atoms with Crippen LogP contribution >= 0.6 is 0 Å². The Labute approximate surface area is 103 Å². The van der Waals surface area contributed by atoms with Crippen LogP contribution in [0.25, 0.3) is 0 Å². The molecule has 4 nitrogen and oxygen atoms in total. The lowest BCUT2D eigenvalue weighted by Crippen LogP contribution is -2.34. The smallest absolute Gasteiger partial charge is 0.335 e. The molecular formula is C13H22O4. The van der Waals surface area contributed by atoms with E-state index in [1.165, 1.54) is 7.11 Å². The molecule has 1 fully saturated rings. The summed E-state index contributed by atoms with van der Waals surface area (Å²) in [5.74, 6) is -0.258. The van der Waals surface area contributed by atoms with Crippen molar-refractivity contribution < 1.29 is 19.0 Å². The summed E-state index contributed by atoms with van der Waals surface area (Å²) >= 11 is 0. The molecule has 0 spiro atoms. The molecule has 98 valence electrons. The lowest BCUT2D eigenvalue weighted by molar-refractivity contribution is -0.189. The van der Waals surface area contributed by atoms with Crippen LogP contribution in [0, 0.1) is 5.92 Å². The van der Waals surface area contributed by atoms with E-state index in [4.69, 9.17) is 9.47 Å². The third-order valence-electron chi connectivity index (χ3n) is 2.83. The van der Waals surface area contributed by atoms with Gasteiger partial charge in [0.2, 0.25) is 0 Å². The van der Waals surface area contributed by atoms with Crippen molar-refractivity contribution in [2.24, 2.45) is 5.92 Å². The average molecular weight is 242 g/mol. The quantitative estimate of drug-likeness (QED) is 0.548. The van der Waals surface area contributed by atoms with E-state index in [1.54, 1.807) is 0 Å². The maximum absolute atomic E-state index is 11.5. The highest BCUT2D eigenvalue weighted by atomic mass is 16.7. The van der Waals surface area contributed by atoms with Crippen molar-refractivity contribution in [1.82, 2.24) is 0 Å². The van der Waals surface area contributed by atoms with Crippen LogP contribution in [0.3, 0.4) is 0 Å². The Morgan fingerprint density at radius 1 is 1.41 bits per heavy atom. The number of ether oxygens (including phenoxy) is 3. The van der Waals surface area contributed by atoms with Gasteiger partial charge in [-0.15, -0.1) is 0 Å². The monoisotopic (exact) mass is 242 g/mol. The molecule has 0 aromatic rings. The lowest BCUT2D eigenvalue weighted by Gasteiger charge is -2.30. The highest BCUT2D eigenvalue weighted by Gasteiger charge is 2.28. The third kappa shape index (κ3) is 4.13. The van der Waals surface area contributed by atoms with Crippen molar-refractivity contribution in [2.75, 3.05) is 13.7 Å². The van der Waals surface area contributed by atoms with Gasteiger partial charge < -0.3 is 14.2 Å². The fourth-order valence-electron chi connectivity index (χ4n) is 1.87. The second kappa shape index (κ2) is 6.77. The Bertz CT molecular complexity index is 267. The van der Waals surface area contributed by atoms with Crippen LogP contribution in [0.2, 0.25) is 0 Å². The number of methoxy groups -OCH3 is 1. The molecule has 0 aliphatic carbocycles. The van der Waals surface area contributed by atoms with Gasteiger partial charge in [-0.2, -0.15) is 0 Å². The van der Waals surface area contributed by atoms with E-state index in [-0.39, 0.29) is 18.3 Å². The molecule has 1 saturated heterocycles. The molecule has 0 aromatic heterocycles. The van der Waals surface area contributed by atoms with E-state index in [1.807, 2.05) is 13.8 Å². The fourth-order valence-corrected chi connectivity index (χ4v) is 1.87. The Hall–Kier alpha value is -0.870. The molecule has 0 aromatic carbocycles. The number of hydrogen-bond donors (Lipinski definition) is 0. The number of hydrogen-bond acceptors (Lipinski definition) is 4. The zero-order chi connectivity index (χ0) is 12.8. The van der Waals surface area contributed by atoms with Crippen LogP contribution in [-0.4, -0.2) is 32.1 Å². The molecule has 4 heteroatoms. The zero-order valence-corrected chi connectivity index (χ0v) is 10.9. The highest BCUT2D eigenvalue weighted by molar-refractivity contribution is 5.88. The fraction of sp³-hybridized carbons (Fsp3) is 0.769. The molecular weight excluding hydrogens is 220 g/mol. The van der Waals surface area contributed by atoms with Crippen molar-refractivity contribution in [3.05, 3.63) is 12.2 Å². The van der Waals surface area contributed by atoms with Gasteiger partial charge in [0.1, 0.15) is 0 Å². The first kappa shape index (κ1) is 14.2. The summed E-state index contributed by atoms with van der Waals surface area (Å²) in [6, 6.07) is 0. The van der Waals surface area contributed by atoms with E-state index < -0.39 is 5.97 Å². The number of rotatable bonds is 5.